The Morgan fingerprint density at radius 1 is 1.15 bits per heavy atom. The van der Waals surface area contributed by atoms with Gasteiger partial charge in [0.1, 0.15) is 0 Å². The van der Waals surface area contributed by atoms with Gasteiger partial charge in [-0.2, -0.15) is 30.6 Å². The molecule has 0 spiro atoms. The Morgan fingerprint density at radius 3 is 2.27 bits per heavy atom. The first-order valence-corrected chi connectivity index (χ1v) is 9.32. The van der Waals surface area contributed by atoms with E-state index in [4.69, 9.17) is 0 Å². The summed E-state index contributed by atoms with van der Waals surface area (Å²) >= 11 is 0. The second-order valence-corrected chi connectivity index (χ2v) is 7.96. The monoisotopic (exact) mass is 394 g/mol. The van der Waals surface area contributed by atoms with Gasteiger partial charge in [-0.1, -0.05) is 12.1 Å². The highest BCUT2D eigenvalue weighted by molar-refractivity contribution is 7.87. The van der Waals surface area contributed by atoms with Gasteiger partial charge in [-0.25, -0.2) is 0 Å². The van der Waals surface area contributed by atoms with E-state index in [-0.39, 0.29) is 38.4 Å². The first-order valence-electron chi connectivity index (χ1n) is 7.88. The van der Waals surface area contributed by atoms with E-state index in [0.717, 1.165) is 10.4 Å². The lowest BCUT2D eigenvalue weighted by molar-refractivity contribution is -0.137. The Morgan fingerprint density at radius 2 is 1.73 bits per heavy atom. The molecule has 0 aromatic heterocycles. The molecule has 1 heterocycles. The van der Waals surface area contributed by atoms with Crippen molar-refractivity contribution < 1.29 is 26.4 Å². The Balaban J connectivity index is 1.97. The number of carbonyl (C=O) groups is 1. The molecule has 1 aromatic carbocycles. The highest BCUT2D eigenvalue weighted by Gasteiger charge is 2.35. The quantitative estimate of drug-likeness (QED) is 0.800. The van der Waals surface area contributed by atoms with Crippen LogP contribution in [-0.4, -0.2) is 70.3 Å². The number of para-hydroxylation sites is 1. The Kier molecular flexibility index (Phi) is 6.14. The van der Waals surface area contributed by atoms with Crippen LogP contribution in [0.15, 0.2) is 24.3 Å². The molecule has 1 saturated heterocycles. The van der Waals surface area contributed by atoms with Crippen molar-refractivity contribution >= 4 is 21.8 Å². The number of benzene rings is 1. The lowest BCUT2D eigenvalue weighted by atomic mass is 10.1. The molecule has 1 aliphatic heterocycles. The molecule has 26 heavy (non-hydrogen) atoms. The van der Waals surface area contributed by atoms with E-state index in [9.17, 15) is 26.4 Å². The molecule has 0 bridgehead atoms. The van der Waals surface area contributed by atoms with Crippen LogP contribution in [0.2, 0.25) is 0 Å². The van der Waals surface area contributed by atoms with Crippen LogP contribution in [0.1, 0.15) is 5.56 Å². The van der Waals surface area contributed by atoms with Gasteiger partial charge in [-0.05, 0) is 12.1 Å². The number of rotatable bonds is 5. The van der Waals surface area contributed by atoms with Gasteiger partial charge in [0.25, 0.3) is 10.2 Å². The van der Waals surface area contributed by atoms with Gasteiger partial charge in [-0.3, -0.25) is 4.79 Å². The molecule has 0 aliphatic carbocycles. The molecule has 2 rings (SSSR count). The average Bonchev–Trinajstić information content (AvgIpc) is 2.59. The number of hydrogen-bond acceptors (Lipinski definition) is 4. The number of nitrogens with one attached hydrogen (secondary N) is 1. The summed E-state index contributed by atoms with van der Waals surface area (Å²) in [5.74, 6) is -0.417. The minimum Gasteiger partial charge on any atom is -0.367 e. The highest BCUT2D eigenvalue weighted by atomic mass is 32.2. The van der Waals surface area contributed by atoms with E-state index in [1.165, 1.54) is 37.2 Å². The molecule has 1 fully saturated rings. The molecule has 1 aromatic rings. The summed E-state index contributed by atoms with van der Waals surface area (Å²) in [6, 6.07) is 5.31. The van der Waals surface area contributed by atoms with Gasteiger partial charge in [0, 0.05) is 46.0 Å². The minimum absolute atomic E-state index is 0.0837. The summed E-state index contributed by atoms with van der Waals surface area (Å²) < 4.78 is 65.7. The van der Waals surface area contributed by atoms with Crippen molar-refractivity contribution in [1.29, 1.82) is 0 Å². The molecule has 0 atom stereocenters. The third-order valence-electron chi connectivity index (χ3n) is 4.07. The number of amides is 1. The van der Waals surface area contributed by atoms with Gasteiger partial charge in [0.2, 0.25) is 5.91 Å². The maximum atomic E-state index is 13.1. The lowest BCUT2D eigenvalue weighted by Crippen LogP contribution is -2.52. The fraction of sp³-hybridized carbons (Fsp3) is 0.533. The Bertz CT molecular complexity index is 745. The number of halogens is 3. The number of nitrogens with zero attached hydrogens (tertiary/aromatic N) is 3. The van der Waals surface area contributed by atoms with E-state index in [1.807, 2.05) is 0 Å². The van der Waals surface area contributed by atoms with Crippen LogP contribution >= 0.6 is 0 Å². The molecular formula is C15H21F3N4O3S. The standard InChI is InChI=1S/C15H21F3N4O3S/c1-20(2)26(24,25)19-11-14(23)22-9-7-21(8-10-22)13-6-4-3-5-12(13)15(16,17)18/h3-6,19H,7-11H2,1-2H3. The highest BCUT2D eigenvalue weighted by Crippen LogP contribution is 2.36. The fourth-order valence-corrected chi connectivity index (χ4v) is 3.14. The van der Waals surface area contributed by atoms with Crippen molar-refractivity contribution in [2.24, 2.45) is 0 Å². The van der Waals surface area contributed by atoms with E-state index in [0.29, 0.717) is 0 Å². The Hall–Kier alpha value is -1.85. The summed E-state index contributed by atoms with van der Waals surface area (Å²) in [7, 11) is -1.03. The zero-order valence-corrected chi connectivity index (χ0v) is 15.3. The molecule has 146 valence electrons. The van der Waals surface area contributed by atoms with Crippen molar-refractivity contribution in [2.45, 2.75) is 6.18 Å². The third kappa shape index (κ3) is 4.86. The van der Waals surface area contributed by atoms with Crippen LogP contribution in [0.4, 0.5) is 18.9 Å². The first-order chi connectivity index (χ1) is 12.0. The average molecular weight is 394 g/mol. The molecule has 0 saturated carbocycles. The van der Waals surface area contributed by atoms with Crippen LogP contribution in [0, 0.1) is 0 Å². The number of anilines is 1. The summed E-state index contributed by atoms with van der Waals surface area (Å²) in [4.78, 5) is 15.1. The zero-order valence-electron chi connectivity index (χ0n) is 14.5. The van der Waals surface area contributed by atoms with Crippen molar-refractivity contribution in [3.8, 4) is 0 Å². The van der Waals surface area contributed by atoms with E-state index < -0.39 is 27.9 Å². The molecule has 7 nitrogen and oxygen atoms in total. The van der Waals surface area contributed by atoms with E-state index in [2.05, 4.69) is 4.72 Å². The largest absolute Gasteiger partial charge is 0.418 e. The second kappa shape index (κ2) is 7.80. The van der Waals surface area contributed by atoms with Gasteiger partial charge in [0.15, 0.2) is 0 Å². The smallest absolute Gasteiger partial charge is 0.367 e. The molecule has 1 N–H and O–H groups in total. The Labute approximate surface area is 150 Å². The van der Waals surface area contributed by atoms with Crippen LogP contribution < -0.4 is 9.62 Å². The predicted octanol–water partition coefficient (Wildman–Crippen LogP) is 0.750. The molecule has 1 aliphatic rings. The van der Waals surface area contributed by atoms with Crippen LogP contribution in [-0.2, 0) is 21.2 Å². The van der Waals surface area contributed by atoms with Crippen molar-refractivity contribution in [2.75, 3.05) is 51.7 Å². The first kappa shape index (κ1) is 20.5. The number of alkyl halides is 3. The van der Waals surface area contributed by atoms with E-state index >= 15 is 0 Å². The zero-order chi connectivity index (χ0) is 19.5. The maximum Gasteiger partial charge on any atom is 0.418 e. The number of carbonyl (C=O) groups excluding carboxylic acids is 1. The predicted molar refractivity (Wildman–Crippen MR) is 90.8 cm³/mol. The van der Waals surface area contributed by atoms with Crippen molar-refractivity contribution in [3.63, 3.8) is 0 Å². The van der Waals surface area contributed by atoms with Gasteiger partial charge in [-0.15, -0.1) is 0 Å². The van der Waals surface area contributed by atoms with Crippen LogP contribution in [0.5, 0.6) is 0 Å². The molecule has 0 unspecified atom stereocenters. The number of hydrogen-bond donors (Lipinski definition) is 1. The third-order valence-corrected chi connectivity index (χ3v) is 5.54. The summed E-state index contributed by atoms with van der Waals surface area (Å²) in [5.41, 5.74) is -0.626. The lowest BCUT2D eigenvalue weighted by Gasteiger charge is -2.37. The summed E-state index contributed by atoms with van der Waals surface area (Å²) in [5, 5.41) is 0. The van der Waals surface area contributed by atoms with Crippen molar-refractivity contribution in [1.82, 2.24) is 13.9 Å². The molecule has 0 radical (unpaired) electrons. The van der Waals surface area contributed by atoms with E-state index in [1.54, 1.807) is 4.90 Å². The molecular weight excluding hydrogens is 373 g/mol. The summed E-state index contributed by atoms with van der Waals surface area (Å²) in [6.07, 6.45) is -4.45. The summed E-state index contributed by atoms with van der Waals surface area (Å²) in [6.45, 7) is 0.515. The topological polar surface area (TPSA) is 73.0 Å². The van der Waals surface area contributed by atoms with Gasteiger partial charge in [0.05, 0.1) is 12.1 Å². The second-order valence-electron chi connectivity index (χ2n) is 5.99. The molecule has 11 heteroatoms. The number of piperazine rings is 1. The van der Waals surface area contributed by atoms with Crippen LogP contribution in [0.25, 0.3) is 0 Å². The van der Waals surface area contributed by atoms with Crippen molar-refractivity contribution in [3.05, 3.63) is 29.8 Å². The fourth-order valence-electron chi connectivity index (χ4n) is 2.58. The van der Waals surface area contributed by atoms with Gasteiger partial charge >= 0.3 is 6.18 Å². The van der Waals surface area contributed by atoms with Crippen LogP contribution in [0.3, 0.4) is 0 Å². The molecule has 1 amide bonds. The normalized spacial score (nSPS) is 16.2. The minimum atomic E-state index is -4.45. The van der Waals surface area contributed by atoms with Gasteiger partial charge < -0.3 is 9.80 Å². The SMILES string of the molecule is CN(C)S(=O)(=O)NCC(=O)N1CCN(c2ccccc2C(F)(F)F)CC1. The maximum absolute atomic E-state index is 13.1.